The quantitative estimate of drug-likeness (QED) is 0.922. The molecule has 1 N–H and O–H groups in total. The highest BCUT2D eigenvalue weighted by atomic mass is 35.5. The van der Waals surface area contributed by atoms with E-state index in [0.29, 0.717) is 10.6 Å². The van der Waals surface area contributed by atoms with Crippen molar-refractivity contribution in [1.82, 2.24) is 9.97 Å². The molecule has 0 spiro atoms. The minimum atomic E-state index is -0.0709. The number of H-pyrrole nitrogens is 1. The van der Waals surface area contributed by atoms with Crippen molar-refractivity contribution in [2.75, 3.05) is 0 Å². The molecule has 2 aromatic rings. The normalized spacial score (nSPS) is 10.6. The van der Waals surface area contributed by atoms with Crippen LogP contribution in [0.3, 0.4) is 0 Å². The highest BCUT2D eigenvalue weighted by Crippen LogP contribution is 2.21. The number of aromatic nitrogens is 2. The molecule has 1 heterocycles. The highest BCUT2D eigenvalue weighted by Gasteiger charge is 2.09. The Labute approximate surface area is 111 Å². The molecule has 3 nitrogen and oxygen atoms in total. The van der Waals surface area contributed by atoms with E-state index in [0.717, 1.165) is 29.9 Å². The highest BCUT2D eigenvalue weighted by molar-refractivity contribution is 6.30. The summed E-state index contributed by atoms with van der Waals surface area (Å²) < 4.78 is 0. The van der Waals surface area contributed by atoms with E-state index in [4.69, 9.17) is 11.6 Å². The Balaban J connectivity index is 2.55. The number of benzene rings is 1. The molecule has 0 radical (unpaired) electrons. The second kappa shape index (κ2) is 5.36. The van der Waals surface area contributed by atoms with Gasteiger partial charge in [-0.3, -0.25) is 4.79 Å². The topological polar surface area (TPSA) is 45.8 Å². The largest absolute Gasteiger partial charge is 0.310 e. The van der Waals surface area contributed by atoms with E-state index >= 15 is 0 Å². The molecule has 0 atom stereocenters. The zero-order valence-electron chi connectivity index (χ0n) is 10.5. The van der Waals surface area contributed by atoms with Crippen molar-refractivity contribution in [3.05, 3.63) is 51.0 Å². The Morgan fingerprint density at radius 1 is 1.28 bits per heavy atom. The van der Waals surface area contributed by atoms with Crippen LogP contribution in [0.4, 0.5) is 0 Å². The standard InChI is InChI=1S/C14H15ClN2O/c1-3-4-12-16-13(9(2)14(18)17-12)10-5-7-11(15)8-6-10/h5-8H,3-4H2,1-2H3,(H,16,17,18). The molecule has 2 rings (SSSR count). The summed E-state index contributed by atoms with van der Waals surface area (Å²) in [6, 6.07) is 7.37. The fourth-order valence-corrected chi connectivity index (χ4v) is 1.95. The van der Waals surface area contributed by atoms with Crippen molar-refractivity contribution in [2.24, 2.45) is 0 Å². The molecular formula is C14H15ClN2O. The van der Waals surface area contributed by atoms with Gasteiger partial charge in [-0.15, -0.1) is 0 Å². The first kappa shape index (κ1) is 12.8. The molecule has 0 aliphatic rings. The van der Waals surface area contributed by atoms with Gasteiger partial charge in [0.15, 0.2) is 0 Å². The van der Waals surface area contributed by atoms with Gasteiger partial charge < -0.3 is 4.98 Å². The molecule has 0 unspecified atom stereocenters. The predicted molar refractivity (Wildman–Crippen MR) is 74.0 cm³/mol. The number of nitrogens with one attached hydrogen (secondary N) is 1. The average Bonchev–Trinajstić information content (AvgIpc) is 2.35. The zero-order valence-corrected chi connectivity index (χ0v) is 11.2. The molecule has 18 heavy (non-hydrogen) atoms. The van der Waals surface area contributed by atoms with Crippen molar-refractivity contribution in [1.29, 1.82) is 0 Å². The van der Waals surface area contributed by atoms with Crippen molar-refractivity contribution < 1.29 is 0 Å². The van der Waals surface area contributed by atoms with Gasteiger partial charge in [0.25, 0.3) is 5.56 Å². The van der Waals surface area contributed by atoms with E-state index < -0.39 is 0 Å². The van der Waals surface area contributed by atoms with Gasteiger partial charge in [0, 0.05) is 22.6 Å². The van der Waals surface area contributed by atoms with Crippen molar-refractivity contribution in [3.8, 4) is 11.3 Å². The Morgan fingerprint density at radius 3 is 2.56 bits per heavy atom. The summed E-state index contributed by atoms with van der Waals surface area (Å²) in [6.45, 7) is 3.84. The second-order valence-electron chi connectivity index (χ2n) is 4.24. The Hall–Kier alpha value is -1.61. The van der Waals surface area contributed by atoms with Crippen LogP contribution in [0.5, 0.6) is 0 Å². The van der Waals surface area contributed by atoms with E-state index in [1.54, 1.807) is 19.1 Å². The van der Waals surface area contributed by atoms with Crippen molar-refractivity contribution >= 4 is 11.6 Å². The van der Waals surface area contributed by atoms with Crippen LogP contribution in [-0.4, -0.2) is 9.97 Å². The van der Waals surface area contributed by atoms with Gasteiger partial charge in [0.2, 0.25) is 0 Å². The minimum absolute atomic E-state index is 0.0709. The summed E-state index contributed by atoms with van der Waals surface area (Å²) in [6.07, 6.45) is 1.72. The SMILES string of the molecule is CCCc1nc(-c2ccc(Cl)cc2)c(C)c(=O)[nH]1. The van der Waals surface area contributed by atoms with Crippen LogP contribution in [-0.2, 0) is 6.42 Å². The van der Waals surface area contributed by atoms with E-state index in [1.807, 2.05) is 12.1 Å². The molecular weight excluding hydrogens is 248 g/mol. The second-order valence-corrected chi connectivity index (χ2v) is 4.68. The number of rotatable bonds is 3. The van der Waals surface area contributed by atoms with Crippen LogP contribution >= 0.6 is 11.6 Å². The van der Waals surface area contributed by atoms with E-state index in [-0.39, 0.29) is 5.56 Å². The zero-order chi connectivity index (χ0) is 13.1. The summed E-state index contributed by atoms with van der Waals surface area (Å²) in [7, 11) is 0. The summed E-state index contributed by atoms with van der Waals surface area (Å²) in [5, 5.41) is 0.676. The number of halogens is 1. The van der Waals surface area contributed by atoms with E-state index in [1.165, 1.54) is 0 Å². The summed E-state index contributed by atoms with van der Waals surface area (Å²) in [5.41, 5.74) is 2.22. The first-order valence-electron chi connectivity index (χ1n) is 5.97. The summed E-state index contributed by atoms with van der Waals surface area (Å²) in [5.74, 6) is 0.734. The van der Waals surface area contributed by atoms with Gasteiger partial charge in [0.1, 0.15) is 5.82 Å². The van der Waals surface area contributed by atoms with Crippen molar-refractivity contribution in [2.45, 2.75) is 26.7 Å². The van der Waals surface area contributed by atoms with Gasteiger partial charge in [-0.2, -0.15) is 0 Å². The third kappa shape index (κ3) is 2.62. The molecule has 94 valence electrons. The lowest BCUT2D eigenvalue weighted by molar-refractivity contribution is 0.823. The number of nitrogens with zero attached hydrogens (tertiary/aromatic N) is 1. The molecule has 0 bridgehead atoms. The maximum atomic E-state index is 11.9. The van der Waals surface area contributed by atoms with Crippen LogP contribution in [0.2, 0.25) is 5.02 Å². The van der Waals surface area contributed by atoms with Crippen LogP contribution in [0.25, 0.3) is 11.3 Å². The van der Waals surface area contributed by atoms with Gasteiger partial charge in [0.05, 0.1) is 5.69 Å². The van der Waals surface area contributed by atoms with Gasteiger partial charge in [-0.1, -0.05) is 30.7 Å². The predicted octanol–water partition coefficient (Wildman–Crippen LogP) is 3.35. The van der Waals surface area contributed by atoms with E-state index in [9.17, 15) is 4.79 Å². The minimum Gasteiger partial charge on any atom is -0.310 e. The van der Waals surface area contributed by atoms with Crippen LogP contribution < -0.4 is 5.56 Å². The maximum Gasteiger partial charge on any atom is 0.254 e. The molecule has 0 amide bonds. The van der Waals surface area contributed by atoms with Crippen LogP contribution in [0.1, 0.15) is 24.7 Å². The Morgan fingerprint density at radius 2 is 1.94 bits per heavy atom. The van der Waals surface area contributed by atoms with Gasteiger partial charge >= 0.3 is 0 Å². The molecule has 0 aliphatic carbocycles. The first-order chi connectivity index (χ1) is 8.61. The summed E-state index contributed by atoms with van der Waals surface area (Å²) in [4.78, 5) is 19.2. The van der Waals surface area contributed by atoms with E-state index in [2.05, 4.69) is 16.9 Å². The number of aryl methyl sites for hydroxylation is 1. The summed E-state index contributed by atoms with van der Waals surface area (Å²) >= 11 is 5.86. The van der Waals surface area contributed by atoms with Gasteiger partial charge in [-0.05, 0) is 25.5 Å². The number of hydrogen-bond acceptors (Lipinski definition) is 2. The number of hydrogen-bond donors (Lipinski definition) is 1. The third-order valence-corrected chi connectivity index (χ3v) is 3.06. The lowest BCUT2D eigenvalue weighted by Gasteiger charge is -2.07. The monoisotopic (exact) mass is 262 g/mol. The van der Waals surface area contributed by atoms with Crippen molar-refractivity contribution in [3.63, 3.8) is 0 Å². The molecule has 0 fully saturated rings. The number of aromatic amines is 1. The average molecular weight is 263 g/mol. The molecule has 0 saturated carbocycles. The third-order valence-electron chi connectivity index (χ3n) is 2.80. The lowest BCUT2D eigenvalue weighted by Crippen LogP contribution is -2.16. The fourth-order valence-electron chi connectivity index (χ4n) is 1.82. The molecule has 1 aromatic carbocycles. The first-order valence-corrected chi connectivity index (χ1v) is 6.35. The van der Waals surface area contributed by atoms with Crippen LogP contribution in [0.15, 0.2) is 29.1 Å². The molecule has 0 aliphatic heterocycles. The van der Waals surface area contributed by atoms with Crippen LogP contribution in [0, 0.1) is 6.92 Å². The van der Waals surface area contributed by atoms with Gasteiger partial charge in [-0.25, -0.2) is 4.98 Å². The molecule has 1 aromatic heterocycles. The lowest BCUT2D eigenvalue weighted by atomic mass is 10.1. The molecule has 4 heteroatoms. The maximum absolute atomic E-state index is 11.9. The Bertz CT molecular complexity index is 602. The smallest absolute Gasteiger partial charge is 0.254 e. The Kier molecular flexibility index (Phi) is 3.82. The fraction of sp³-hybridized carbons (Fsp3) is 0.286. The molecule has 0 saturated heterocycles.